The predicted molar refractivity (Wildman–Crippen MR) is 100 cm³/mol. The van der Waals surface area contributed by atoms with Gasteiger partial charge in [-0.2, -0.15) is 4.31 Å². The number of hydrogen-bond donors (Lipinski definition) is 0. The Hall–Kier alpha value is -1.64. The van der Waals surface area contributed by atoms with Crippen LogP contribution in [0.1, 0.15) is 5.56 Å². The molecule has 1 heterocycles. The normalized spacial score (nSPS) is 16.6. The number of piperazine rings is 1. The summed E-state index contributed by atoms with van der Waals surface area (Å²) in [7, 11) is 2.65. The molecule has 1 aliphatic heterocycles. The van der Waals surface area contributed by atoms with Crippen molar-refractivity contribution in [3.8, 4) is 0 Å². The molecule has 1 aromatic carbocycles. The van der Waals surface area contributed by atoms with Gasteiger partial charge in [-0.15, -0.1) is 0 Å². The van der Waals surface area contributed by atoms with Crippen LogP contribution in [-0.2, 0) is 21.4 Å². The third kappa shape index (κ3) is 5.69. The highest BCUT2D eigenvalue weighted by Crippen LogP contribution is 2.13. The van der Waals surface area contributed by atoms with Crippen molar-refractivity contribution in [2.24, 2.45) is 0 Å². The lowest BCUT2D eigenvalue weighted by atomic mass is 10.2. The Morgan fingerprint density at radius 3 is 2.08 bits per heavy atom. The van der Waals surface area contributed by atoms with E-state index in [1.807, 2.05) is 48.2 Å². The van der Waals surface area contributed by atoms with E-state index in [1.54, 1.807) is 11.9 Å². The lowest BCUT2D eigenvalue weighted by Crippen LogP contribution is -2.50. The minimum Gasteiger partial charge on any atom is -0.378 e. The highest BCUT2D eigenvalue weighted by Gasteiger charge is 2.25. The molecule has 1 aliphatic rings. The van der Waals surface area contributed by atoms with E-state index >= 15 is 0 Å². The van der Waals surface area contributed by atoms with Crippen LogP contribution in [0.3, 0.4) is 0 Å². The van der Waals surface area contributed by atoms with Crippen molar-refractivity contribution in [2.45, 2.75) is 6.54 Å². The Labute approximate surface area is 150 Å². The average Bonchev–Trinajstić information content (AvgIpc) is 2.55. The fourth-order valence-electron chi connectivity index (χ4n) is 2.79. The fraction of sp³-hybridized carbons (Fsp3) is 0.588. The number of benzene rings is 1. The van der Waals surface area contributed by atoms with E-state index in [-0.39, 0.29) is 5.91 Å². The molecule has 0 saturated carbocycles. The van der Waals surface area contributed by atoms with Crippen molar-refractivity contribution in [3.63, 3.8) is 0 Å². The molecular formula is C17H28N4O3S. The Bertz CT molecular complexity index is 680. The minimum atomic E-state index is -3.14. The van der Waals surface area contributed by atoms with Gasteiger partial charge in [0, 0.05) is 59.6 Å². The number of nitrogens with zero attached hydrogens (tertiary/aromatic N) is 4. The molecular weight excluding hydrogens is 340 g/mol. The number of anilines is 1. The molecule has 2 rings (SSSR count). The van der Waals surface area contributed by atoms with E-state index < -0.39 is 10.0 Å². The summed E-state index contributed by atoms with van der Waals surface area (Å²) in [6, 6.07) is 8.14. The SMILES string of the molecule is CN(Cc1ccc(N(C)C)cc1)C(=O)CN1CCN(S(C)(=O)=O)CC1. The van der Waals surface area contributed by atoms with Gasteiger partial charge < -0.3 is 9.80 Å². The molecule has 7 nitrogen and oxygen atoms in total. The number of hydrogen-bond acceptors (Lipinski definition) is 5. The molecule has 0 radical (unpaired) electrons. The number of carbonyl (C=O) groups is 1. The second-order valence-corrected chi connectivity index (χ2v) is 8.73. The van der Waals surface area contributed by atoms with Crippen LogP contribution in [0.5, 0.6) is 0 Å². The van der Waals surface area contributed by atoms with Gasteiger partial charge in [-0.05, 0) is 17.7 Å². The van der Waals surface area contributed by atoms with Crippen molar-refractivity contribution in [3.05, 3.63) is 29.8 Å². The van der Waals surface area contributed by atoms with E-state index in [0.717, 1.165) is 11.3 Å². The molecule has 1 aromatic rings. The molecule has 0 unspecified atom stereocenters. The third-order valence-electron chi connectivity index (χ3n) is 4.46. The predicted octanol–water partition coefficient (Wildman–Crippen LogP) is 0.288. The average molecular weight is 369 g/mol. The molecule has 0 aliphatic carbocycles. The van der Waals surface area contributed by atoms with E-state index in [2.05, 4.69) is 0 Å². The maximum Gasteiger partial charge on any atom is 0.236 e. The first kappa shape index (κ1) is 19.7. The Morgan fingerprint density at radius 1 is 1.04 bits per heavy atom. The summed E-state index contributed by atoms with van der Waals surface area (Å²) < 4.78 is 24.5. The van der Waals surface area contributed by atoms with Crippen molar-refractivity contribution >= 4 is 21.6 Å². The van der Waals surface area contributed by atoms with E-state index in [0.29, 0.717) is 39.3 Å². The van der Waals surface area contributed by atoms with Crippen LogP contribution in [0.15, 0.2) is 24.3 Å². The molecule has 1 saturated heterocycles. The molecule has 140 valence electrons. The zero-order valence-electron chi connectivity index (χ0n) is 15.5. The molecule has 0 bridgehead atoms. The second kappa shape index (κ2) is 8.16. The highest BCUT2D eigenvalue weighted by atomic mass is 32.2. The quantitative estimate of drug-likeness (QED) is 0.722. The van der Waals surface area contributed by atoms with Crippen LogP contribution < -0.4 is 4.90 Å². The number of sulfonamides is 1. The largest absolute Gasteiger partial charge is 0.378 e. The summed E-state index contributed by atoms with van der Waals surface area (Å²) in [6.07, 6.45) is 1.23. The lowest BCUT2D eigenvalue weighted by Gasteiger charge is -2.33. The topological polar surface area (TPSA) is 64.2 Å². The van der Waals surface area contributed by atoms with Gasteiger partial charge in [-0.3, -0.25) is 9.69 Å². The summed E-state index contributed by atoms with van der Waals surface area (Å²) in [6.45, 7) is 2.96. The molecule has 0 N–H and O–H groups in total. The van der Waals surface area contributed by atoms with E-state index in [1.165, 1.54) is 10.6 Å². The lowest BCUT2D eigenvalue weighted by molar-refractivity contribution is -0.131. The number of amides is 1. The number of rotatable bonds is 6. The van der Waals surface area contributed by atoms with Crippen LogP contribution in [0.4, 0.5) is 5.69 Å². The summed E-state index contributed by atoms with van der Waals surface area (Å²) >= 11 is 0. The molecule has 0 aromatic heterocycles. The standard InChI is InChI=1S/C17H28N4O3S/c1-18(2)16-7-5-15(6-8-16)13-19(3)17(22)14-20-9-11-21(12-10-20)25(4,23)24/h5-8H,9-14H2,1-4H3. The van der Waals surface area contributed by atoms with E-state index in [9.17, 15) is 13.2 Å². The first-order valence-electron chi connectivity index (χ1n) is 8.34. The van der Waals surface area contributed by atoms with Crippen LogP contribution in [0.25, 0.3) is 0 Å². The molecule has 8 heteroatoms. The highest BCUT2D eigenvalue weighted by molar-refractivity contribution is 7.88. The Balaban J connectivity index is 1.82. The maximum atomic E-state index is 12.4. The van der Waals surface area contributed by atoms with Crippen molar-refractivity contribution < 1.29 is 13.2 Å². The number of likely N-dealkylation sites (N-methyl/N-ethyl adjacent to an activating group) is 1. The van der Waals surface area contributed by atoms with Gasteiger partial charge in [0.2, 0.25) is 15.9 Å². The van der Waals surface area contributed by atoms with Gasteiger partial charge in [0.25, 0.3) is 0 Å². The van der Waals surface area contributed by atoms with Crippen molar-refractivity contribution in [2.75, 3.05) is 65.0 Å². The van der Waals surface area contributed by atoms with Gasteiger partial charge in [0.1, 0.15) is 0 Å². The van der Waals surface area contributed by atoms with Crippen LogP contribution in [0, 0.1) is 0 Å². The van der Waals surface area contributed by atoms with Gasteiger partial charge in [-0.1, -0.05) is 12.1 Å². The first-order valence-corrected chi connectivity index (χ1v) is 10.2. The van der Waals surface area contributed by atoms with Gasteiger partial charge >= 0.3 is 0 Å². The summed E-state index contributed by atoms with van der Waals surface area (Å²) in [5.74, 6) is 0.0458. The third-order valence-corrected chi connectivity index (χ3v) is 5.76. The fourth-order valence-corrected chi connectivity index (χ4v) is 3.62. The maximum absolute atomic E-state index is 12.4. The Kier molecular flexibility index (Phi) is 6.42. The summed E-state index contributed by atoms with van der Waals surface area (Å²) in [5.41, 5.74) is 2.21. The smallest absolute Gasteiger partial charge is 0.236 e. The van der Waals surface area contributed by atoms with E-state index in [4.69, 9.17) is 0 Å². The van der Waals surface area contributed by atoms with Crippen LogP contribution >= 0.6 is 0 Å². The van der Waals surface area contributed by atoms with Crippen LogP contribution in [-0.4, -0.2) is 88.6 Å². The molecule has 1 amide bonds. The Morgan fingerprint density at radius 2 is 1.60 bits per heavy atom. The monoisotopic (exact) mass is 368 g/mol. The van der Waals surface area contributed by atoms with Gasteiger partial charge in [0.05, 0.1) is 12.8 Å². The van der Waals surface area contributed by atoms with Crippen molar-refractivity contribution in [1.82, 2.24) is 14.1 Å². The van der Waals surface area contributed by atoms with Gasteiger partial charge in [-0.25, -0.2) is 8.42 Å². The first-order chi connectivity index (χ1) is 11.7. The molecule has 0 atom stereocenters. The summed E-state index contributed by atoms with van der Waals surface area (Å²) in [5, 5.41) is 0. The molecule has 25 heavy (non-hydrogen) atoms. The summed E-state index contributed by atoms with van der Waals surface area (Å²) in [4.78, 5) is 18.2. The van der Waals surface area contributed by atoms with Crippen LogP contribution in [0.2, 0.25) is 0 Å². The molecule has 1 fully saturated rings. The second-order valence-electron chi connectivity index (χ2n) is 6.75. The van der Waals surface area contributed by atoms with Gasteiger partial charge in [0.15, 0.2) is 0 Å². The minimum absolute atomic E-state index is 0.0458. The number of carbonyl (C=O) groups excluding carboxylic acids is 1. The van der Waals surface area contributed by atoms with Crippen molar-refractivity contribution in [1.29, 1.82) is 0 Å². The molecule has 0 spiro atoms. The zero-order valence-corrected chi connectivity index (χ0v) is 16.3. The zero-order chi connectivity index (χ0) is 18.6.